The fourth-order valence-corrected chi connectivity index (χ4v) is 1.92. The van der Waals surface area contributed by atoms with Crippen molar-refractivity contribution in [3.8, 4) is 11.8 Å². The van der Waals surface area contributed by atoms with E-state index in [1.165, 1.54) is 12.8 Å². The maximum absolute atomic E-state index is 9.25. The molecule has 0 spiro atoms. The zero-order chi connectivity index (χ0) is 13.0. The molecule has 3 heteroatoms. The number of para-hydroxylation sites is 1. The lowest BCUT2D eigenvalue weighted by Crippen LogP contribution is -2.43. The van der Waals surface area contributed by atoms with Crippen LogP contribution in [-0.4, -0.2) is 18.2 Å². The second-order valence-corrected chi connectivity index (χ2v) is 5.23. The molecule has 2 rings (SSSR count). The third kappa shape index (κ3) is 3.48. The average Bonchev–Trinajstić information content (AvgIpc) is 3.15. The first-order chi connectivity index (χ1) is 8.63. The normalized spacial score (nSPS) is 17.8. The van der Waals surface area contributed by atoms with Gasteiger partial charge in [0, 0.05) is 12.5 Å². The Labute approximate surface area is 109 Å². The minimum Gasteiger partial charge on any atom is -0.493 e. The predicted molar refractivity (Wildman–Crippen MR) is 71.5 cm³/mol. The highest BCUT2D eigenvalue weighted by Gasteiger charge is 2.32. The van der Waals surface area contributed by atoms with Crippen molar-refractivity contribution in [2.45, 2.75) is 44.7 Å². The molecule has 1 aromatic carbocycles. The molecule has 0 aliphatic heterocycles. The molecule has 18 heavy (non-hydrogen) atoms. The molecule has 3 nitrogen and oxygen atoms in total. The van der Waals surface area contributed by atoms with Crippen LogP contribution in [0.15, 0.2) is 24.3 Å². The first-order valence-corrected chi connectivity index (χ1v) is 6.50. The number of hydrogen-bond donors (Lipinski definition) is 1. The lowest BCUT2D eigenvalue weighted by Gasteiger charge is -2.23. The predicted octanol–water partition coefficient (Wildman–Crippen LogP) is 2.80. The maximum Gasteiger partial charge on any atom is 0.122 e. The molecule has 1 unspecified atom stereocenters. The van der Waals surface area contributed by atoms with Gasteiger partial charge in [-0.25, -0.2) is 0 Å². The monoisotopic (exact) mass is 244 g/mol. The highest BCUT2D eigenvalue weighted by molar-refractivity contribution is 5.31. The van der Waals surface area contributed by atoms with Crippen molar-refractivity contribution in [3.63, 3.8) is 0 Å². The van der Waals surface area contributed by atoms with Crippen molar-refractivity contribution >= 4 is 0 Å². The van der Waals surface area contributed by atoms with Crippen LogP contribution in [0, 0.1) is 18.3 Å². The number of nitriles is 1. The molecule has 0 heterocycles. The molecule has 0 bridgehead atoms. The highest BCUT2D eigenvalue weighted by atomic mass is 16.5. The fraction of sp³-hybridized carbons (Fsp3) is 0.533. The summed E-state index contributed by atoms with van der Waals surface area (Å²) in [5.74, 6) is 0.907. The van der Waals surface area contributed by atoms with Gasteiger partial charge in [-0.3, -0.25) is 5.32 Å². The topological polar surface area (TPSA) is 45.0 Å². The lowest BCUT2D eigenvalue weighted by molar-refractivity contribution is 0.265. The molecule has 1 aromatic rings. The van der Waals surface area contributed by atoms with Crippen LogP contribution in [0.25, 0.3) is 0 Å². The molecule has 1 fully saturated rings. The number of ether oxygens (including phenoxy) is 1. The molecular formula is C15H20N2O. The summed E-state index contributed by atoms with van der Waals surface area (Å²) >= 11 is 0. The minimum atomic E-state index is -0.468. The van der Waals surface area contributed by atoms with Crippen molar-refractivity contribution in [3.05, 3.63) is 29.8 Å². The molecule has 0 saturated heterocycles. The Balaban J connectivity index is 1.83. The SMILES string of the molecule is Cc1ccccc1OCCC(C)(C#N)NC1CC1. The Morgan fingerprint density at radius 2 is 2.17 bits per heavy atom. The van der Waals surface area contributed by atoms with Gasteiger partial charge < -0.3 is 4.74 Å². The quantitative estimate of drug-likeness (QED) is 0.837. The van der Waals surface area contributed by atoms with E-state index in [1.807, 2.05) is 38.1 Å². The molecule has 1 atom stereocenters. The van der Waals surface area contributed by atoms with Gasteiger partial charge in [0.1, 0.15) is 11.3 Å². The molecule has 1 N–H and O–H groups in total. The summed E-state index contributed by atoms with van der Waals surface area (Å²) in [5.41, 5.74) is 0.662. The van der Waals surface area contributed by atoms with Crippen molar-refractivity contribution in [2.75, 3.05) is 6.61 Å². The third-order valence-corrected chi connectivity index (χ3v) is 3.30. The molecule has 1 aliphatic carbocycles. The van der Waals surface area contributed by atoms with Crippen molar-refractivity contribution < 1.29 is 4.74 Å². The van der Waals surface area contributed by atoms with Crippen LogP contribution in [0.1, 0.15) is 31.7 Å². The number of rotatable bonds is 6. The lowest BCUT2D eigenvalue weighted by atomic mass is 10.0. The van der Waals surface area contributed by atoms with Gasteiger partial charge in [0.25, 0.3) is 0 Å². The molecule has 0 aromatic heterocycles. The summed E-state index contributed by atoms with van der Waals surface area (Å²) < 4.78 is 5.75. The van der Waals surface area contributed by atoms with E-state index in [0.29, 0.717) is 19.1 Å². The summed E-state index contributed by atoms with van der Waals surface area (Å²) in [4.78, 5) is 0. The zero-order valence-electron chi connectivity index (χ0n) is 11.1. The van der Waals surface area contributed by atoms with Gasteiger partial charge in [-0.05, 0) is 38.3 Å². The van der Waals surface area contributed by atoms with E-state index >= 15 is 0 Å². The van der Waals surface area contributed by atoms with E-state index in [0.717, 1.165) is 11.3 Å². The molecule has 96 valence electrons. The van der Waals surface area contributed by atoms with E-state index in [-0.39, 0.29) is 0 Å². The fourth-order valence-electron chi connectivity index (χ4n) is 1.92. The Bertz CT molecular complexity index is 448. The molecule has 1 saturated carbocycles. The highest BCUT2D eigenvalue weighted by Crippen LogP contribution is 2.24. The van der Waals surface area contributed by atoms with Crippen molar-refractivity contribution in [2.24, 2.45) is 0 Å². The van der Waals surface area contributed by atoms with E-state index in [9.17, 15) is 5.26 Å². The summed E-state index contributed by atoms with van der Waals surface area (Å²) in [5, 5.41) is 12.6. The van der Waals surface area contributed by atoms with E-state index in [2.05, 4.69) is 11.4 Å². The average molecular weight is 244 g/mol. The largest absolute Gasteiger partial charge is 0.493 e. The van der Waals surface area contributed by atoms with Gasteiger partial charge in [0.2, 0.25) is 0 Å². The van der Waals surface area contributed by atoms with Crippen LogP contribution in [0.4, 0.5) is 0 Å². The standard InChI is InChI=1S/C15H20N2O/c1-12-5-3-4-6-14(12)18-10-9-15(2,11-16)17-13-7-8-13/h3-6,13,17H,7-10H2,1-2H3. The van der Waals surface area contributed by atoms with Gasteiger partial charge in [-0.1, -0.05) is 18.2 Å². The molecule has 0 amide bonds. The number of aryl methyl sites for hydroxylation is 1. The summed E-state index contributed by atoms with van der Waals surface area (Å²) in [7, 11) is 0. The summed E-state index contributed by atoms with van der Waals surface area (Å²) in [6.07, 6.45) is 3.08. The third-order valence-electron chi connectivity index (χ3n) is 3.30. The Morgan fingerprint density at radius 1 is 1.44 bits per heavy atom. The Kier molecular flexibility index (Phi) is 3.88. The van der Waals surface area contributed by atoms with E-state index in [1.54, 1.807) is 0 Å². The van der Waals surface area contributed by atoms with Gasteiger partial charge in [0.05, 0.1) is 12.7 Å². The van der Waals surface area contributed by atoms with Crippen LogP contribution in [0.3, 0.4) is 0 Å². The maximum atomic E-state index is 9.25. The molecular weight excluding hydrogens is 224 g/mol. The summed E-state index contributed by atoms with van der Waals surface area (Å²) in [6, 6.07) is 10.9. The number of benzene rings is 1. The van der Waals surface area contributed by atoms with Crippen molar-refractivity contribution in [1.82, 2.24) is 5.32 Å². The van der Waals surface area contributed by atoms with E-state index < -0.39 is 5.54 Å². The number of nitrogens with zero attached hydrogens (tertiary/aromatic N) is 1. The number of hydrogen-bond acceptors (Lipinski definition) is 3. The van der Waals surface area contributed by atoms with Crippen molar-refractivity contribution in [1.29, 1.82) is 5.26 Å². The Morgan fingerprint density at radius 3 is 2.78 bits per heavy atom. The summed E-state index contributed by atoms with van der Waals surface area (Å²) in [6.45, 7) is 4.54. The number of nitrogens with one attached hydrogen (secondary N) is 1. The molecule has 0 radical (unpaired) electrons. The van der Waals surface area contributed by atoms with Gasteiger partial charge in [-0.2, -0.15) is 5.26 Å². The molecule has 1 aliphatic rings. The smallest absolute Gasteiger partial charge is 0.122 e. The van der Waals surface area contributed by atoms with Crippen LogP contribution in [0.5, 0.6) is 5.75 Å². The van der Waals surface area contributed by atoms with E-state index in [4.69, 9.17) is 4.74 Å². The van der Waals surface area contributed by atoms with Gasteiger partial charge >= 0.3 is 0 Å². The van der Waals surface area contributed by atoms with Gasteiger partial charge in [0.15, 0.2) is 0 Å². The zero-order valence-corrected chi connectivity index (χ0v) is 11.1. The van der Waals surface area contributed by atoms with Crippen LogP contribution < -0.4 is 10.1 Å². The van der Waals surface area contributed by atoms with Crippen LogP contribution >= 0.6 is 0 Å². The first kappa shape index (κ1) is 12.9. The second kappa shape index (κ2) is 5.41. The van der Waals surface area contributed by atoms with Crippen LogP contribution in [-0.2, 0) is 0 Å². The first-order valence-electron chi connectivity index (χ1n) is 6.50. The minimum absolute atomic E-state index is 0.468. The van der Waals surface area contributed by atoms with Crippen LogP contribution in [0.2, 0.25) is 0 Å². The Hall–Kier alpha value is -1.53. The second-order valence-electron chi connectivity index (χ2n) is 5.23. The van der Waals surface area contributed by atoms with Gasteiger partial charge in [-0.15, -0.1) is 0 Å².